The number of nitrogens with one attached hydrogen (secondary N) is 1. The predicted octanol–water partition coefficient (Wildman–Crippen LogP) is 3.00. The van der Waals surface area contributed by atoms with Crippen molar-refractivity contribution in [3.63, 3.8) is 0 Å². The highest BCUT2D eigenvalue weighted by molar-refractivity contribution is 6.04. The van der Waals surface area contributed by atoms with E-state index in [9.17, 15) is 9.90 Å². The van der Waals surface area contributed by atoms with Crippen molar-refractivity contribution in [1.82, 2.24) is 0 Å². The third-order valence-electron chi connectivity index (χ3n) is 2.92. The molecule has 0 fully saturated rings. The second-order valence-corrected chi connectivity index (χ2v) is 4.39. The number of para-hydroxylation sites is 1. The zero-order chi connectivity index (χ0) is 15.1. The molecule has 2 rings (SSSR count). The molecular formula is C17H17NO3. The van der Waals surface area contributed by atoms with Gasteiger partial charge in [0, 0.05) is 16.8 Å². The lowest BCUT2D eigenvalue weighted by Gasteiger charge is -2.10. The standard InChI is InChI=1S/C17H17NO3/c1-2-11-21-15-9-7-13(8-10-15)17(20)18-16-6-4-3-5-14(16)12-19/h2-10,19H,1,11-12H2,(H,18,20). The van der Waals surface area contributed by atoms with E-state index in [4.69, 9.17) is 4.74 Å². The molecule has 2 aromatic rings. The fraction of sp³-hybridized carbons (Fsp3) is 0.118. The van der Waals surface area contributed by atoms with Crippen LogP contribution < -0.4 is 10.1 Å². The van der Waals surface area contributed by atoms with Crippen molar-refractivity contribution in [3.8, 4) is 5.75 Å². The lowest BCUT2D eigenvalue weighted by Crippen LogP contribution is -2.13. The van der Waals surface area contributed by atoms with E-state index in [1.807, 2.05) is 6.07 Å². The number of ether oxygens (including phenoxy) is 1. The maximum atomic E-state index is 12.2. The SMILES string of the molecule is C=CCOc1ccc(C(=O)Nc2ccccc2CO)cc1. The van der Waals surface area contributed by atoms with Gasteiger partial charge in [0.25, 0.3) is 5.91 Å². The van der Waals surface area contributed by atoms with Crippen LogP contribution in [0.2, 0.25) is 0 Å². The number of hydrogen-bond acceptors (Lipinski definition) is 3. The van der Waals surface area contributed by atoms with Crippen molar-refractivity contribution in [3.05, 3.63) is 72.3 Å². The van der Waals surface area contributed by atoms with Crippen LogP contribution in [0.5, 0.6) is 5.75 Å². The summed E-state index contributed by atoms with van der Waals surface area (Å²) < 4.78 is 5.36. The van der Waals surface area contributed by atoms with Crippen LogP contribution in [0.1, 0.15) is 15.9 Å². The summed E-state index contributed by atoms with van der Waals surface area (Å²) in [6.07, 6.45) is 1.66. The van der Waals surface area contributed by atoms with Gasteiger partial charge < -0.3 is 15.2 Å². The molecule has 0 aliphatic carbocycles. The third-order valence-corrected chi connectivity index (χ3v) is 2.92. The highest BCUT2D eigenvalue weighted by atomic mass is 16.5. The van der Waals surface area contributed by atoms with Crippen LogP contribution in [-0.4, -0.2) is 17.6 Å². The first-order valence-electron chi connectivity index (χ1n) is 6.58. The first kappa shape index (κ1) is 14.8. The van der Waals surface area contributed by atoms with Gasteiger partial charge in [0.05, 0.1) is 6.61 Å². The second-order valence-electron chi connectivity index (χ2n) is 4.39. The van der Waals surface area contributed by atoms with E-state index < -0.39 is 0 Å². The van der Waals surface area contributed by atoms with Crippen LogP contribution in [0.15, 0.2) is 61.2 Å². The Morgan fingerprint density at radius 1 is 1.19 bits per heavy atom. The molecule has 0 spiro atoms. The molecule has 2 aromatic carbocycles. The molecular weight excluding hydrogens is 266 g/mol. The third kappa shape index (κ3) is 3.94. The highest BCUT2D eigenvalue weighted by Gasteiger charge is 2.08. The molecule has 0 radical (unpaired) electrons. The van der Waals surface area contributed by atoms with Gasteiger partial charge in [0.1, 0.15) is 12.4 Å². The molecule has 0 aromatic heterocycles. The second kappa shape index (κ2) is 7.26. The number of anilines is 1. The van der Waals surface area contributed by atoms with Crippen LogP contribution in [0, 0.1) is 0 Å². The van der Waals surface area contributed by atoms with Crippen molar-refractivity contribution >= 4 is 11.6 Å². The van der Waals surface area contributed by atoms with Gasteiger partial charge in [0.2, 0.25) is 0 Å². The van der Waals surface area contributed by atoms with Crippen LogP contribution in [0.3, 0.4) is 0 Å². The van der Waals surface area contributed by atoms with Crippen LogP contribution in [0.4, 0.5) is 5.69 Å². The Balaban J connectivity index is 2.07. The molecule has 4 heteroatoms. The first-order valence-corrected chi connectivity index (χ1v) is 6.58. The van der Waals surface area contributed by atoms with E-state index in [0.717, 1.165) is 0 Å². The van der Waals surface area contributed by atoms with E-state index in [1.165, 1.54) is 0 Å². The number of amides is 1. The van der Waals surface area contributed by atoms with E-state index in [-0.39, 0.29) is 12.5 Å². The molecule has 21 heavy (non-hydrogen) atoms. The topological polar surface area (TPSA) is 58.6 Å². The quantitative estimate of drug-likeness (QED) is 0.801. The Hall–Kier alpha value is -2.59. The summed E-state index contributed by atoms with van der Waals surface area (Å²) in [5.74, 6) is 0.452. The molecule has 0 aliphatic heterocycles. The summed E-state index contributed by atoms with van der Waals surface area (Å²) in [6.45, 7) is 3.88. The molecule has 0 atom stereocenters. The van der Waals surface area contributed by atoms with E-state index >= 15 is 0 Å². The van der Waals surface area contributed by atoms with E-state index in [1.54, 1.807) is 48.5 Å². The minimum Gasteiger partial charge on any atom is -0.490 e. The van der Waals surface area contributed by atoms with Crippen molar-refractivity contribution < 1.29 is 14.6 Å². The molecule has 0 heterocycles. The number of carbonyl (C=O) groups excluding carboxylic acids is 1. The van der Waals surface area contributed by atoms with Gasteiger partial charge in [-0.15, -0.1) is 0 Å². The van der Waals surface area contributed by atoms with Crippen molar-refractivity contribution in [2.24, 2.45) is 0 Å². The van der Waals surface area contributed by atoms with Gasteiger partial charge >= 0.3 is 0 Å². The number of aliphatic hydroxyl groups excluding tert-OH is 1. The van der Waals surface area contributed by atoms with Gasteiger partial charge in [-0.2, -0.15) is 0 Å². The van der Waals surface area contributed by atoms with Gasteiger partial charge in [-0.1, -0.05) is 30.9 Å². The number of carbonyl (C=O) groups is 1. The van der Waals surface area contributed by atoms with Gasteiger partial charge in [-0.25, -0.2) is 0 Å². The molecule has 0 bridgehead atoms. The maximum absolute atomic E-state index is 12.2. The Kier molecular flexibility index (Phi) is 5.12. The van der Waals surface area contributed by atoms with E-state index in [2.05, 4.69) is 11.9 Å². The Morgan fingerprint density at radius 2 is 1.90 bits per heavy atom. The van der Waals surface area contributed by atoms with Crippen molar-refractivity contribution in [1.29, 1.82) is 0 Å². The molecule has 0 aliphatic rings. The lowest BCUT2D eigenvalue weighted by molar-refractivity contribution is 0.102. The molecule has 108 valence electrons. The summed E-state index contributed by atoms with van der Waals surface area (Å²) in [6, 6.07) is 14.0. The minimum absolute atomic E-state index is 0.120. The molecule has 1 amide bonds. The Morgan fingerprint density at radius 3 is 2.57 bits per heavy atom. The molecule has 2 N–H and O–H groups in total. The fourth-order valence-corrected chi connectivity index (χ4v) is 1.83. The smallest absolute Gasteiger partial charge is 0.255 e. The Labute approximate surface area is 123 Å². The first-order chi connectivity index (χ1) is 10.2. The molecule has 0 unspecified atom stereocenters. The monoisotopic (exact) mass is 283 g/mol. The minimum atomic E-state index is -0.230. The Bertz CT molecular complexity index is 620. The lowest BCUT2D eigenvalue weighted by atomic mass is 10.1. The largest absolute Gasteiger partial charge is 0.490 e. The van der Waals surface area contributed by atoms with Gasteiger partial charge in [-0.3, -0.25) is 4.79 Å². The fourth-order valence-electron chi connectivity index (χ4n) is 1.83. The molecule has 0 saturated carbocycles. The number of hydrogen-bond donors (Lipinski definition) is 2. The number of rotatable bonds is 6. The molecule has 4 nitrogen and oxygen atoms in total. The zero-order valence-corrected chi connectivity index (χ0v) is 11.6. The van der Waals surface area contributed by atoms with Crippen LogP contribution in [-0.2, 0) is 6.61 Å². The average molecular weight is 283 g/mol. The molecule has 0 saturated heterocycles. The van der Waals surface area contributed by atoms with Crippen LogP contribution >= 0.6 is 0 Å². The number of aliphatic hydroxyl groups is 1. The van der Waals surface area contributed by atoms with Gasteiger partial charge in [-0.05, 0) is 30.3 Å². The zero-order valence-electron chi connectivity index (χ0n) is 11.6. The van der Waals surface area contributed by atoms with Crippen LogP contribution in [0.25, 0.3) is 0 Å². The summed E-state index contributed by atoms with van der Waals surface area (Å²) in [4.78, 5) is 12.2. The highest BCUT2D eigenvalue weighted by Crippen LogP contribution is 2.17. The average Bonchev–Trinajstić information content (AvgIpc) is 2.54. The summed E-state index contributed by atoms with van der Waals surface area (Å²) >= 11 is 0. The summed E-state index contributed by atoms with van der Waals surface area (Å²) in [7, 11) is 0. The summed E-state index contributed by atoms with van der Waals surface area (Å²) in [5, 5.41) is 12.0. The van der Waals surface area contributed by atoms with Crippen molar-refractivity contribution in [2.75, 3.05) is 11.9 Å². The maximum Gasteiger partial charge on any atom is 0.255 e. The summed E-state index contributed by atoms with van der Waals surface area (Å²) in [5.41, 5.74) is 1.81. The predicted molar refractivity (Wildman–Crippen MR) is 82.5 cm³/mol. The van der Waals surface area contributed by atoms with Crippen molar-refractivity contribution in [2.45, 2.75) is 6.61 Å². The normalized spacial score (nSPS) is 9.95. The van der Waals surface area contributed by atoms with Gasteiger partial charge in [0.15, 0.2) is 0 Å². The van der Waals surface area contributed by atoms with E-state index in [0.29, 0.717) is 29.2 Å². The number of benzene rings is 2.